The molecule has 1 aromatic heterocycles. The maximum atomic E-state index is 11.5. The lowest BCUT2D eigenvalue weighted by atomic mass is 10.3. The quantitative estimate of drug-likeness (QED) is 0.864. The fourth-order valence-electron chi connectivity index (χ4n) is 1.72. The first-order valence-corrected chi connectivity index (χ1v) is 8.53. The van der Waals surface area contributed by atoms with Crippen LogP contribution in [0.3, 0.4) is 0 Å². The third-order valence-electron chi connectivity index (χ3n) is 2.80. The lowest BCUT2D eigenvalue weighted by Gasteiger charge is -2.04. The smallest absolute Gasteiger partial charge is 0.178 e. The number of H-pyrrole nitrogens is 1. The number of nitrogens with one attached hydrogen (secondary N) is 1. The van der Waals surface area contributed by atoms with Gasteiger partial charge in [-0.1, -0.05) is 22.9 Å². The predicted molar refractivity (Wildman–Crippen MR) is 79.2 cm³/mol. The highest BCUT2D eigenvalue weighted by molar-refractivity contribution is 9.10. The Labute approximate surface area is 119 Å². The van der Waals surface area contributed by atoms with Gasteiger partial charge in [0.2, 0.25) is 0 Å². The van der Waals surface area contributed by atoms with Crippen molar-refractivity contribution < 1.29 is 8.42 Å². The number of hydrogen-bond donors (Lipinski definition) is 1. The first-order chi connectivity index (χ1) is 8.43. The second-order valence-corrected chi connectivity index (χ2v) is 7.75. The average Bonchev–Trinajstić information content (AvgIpc) is 2.62. The number of aromatic nitrogens is 2. The molecule has 0 radical (unpaired) electrons. The summed E-state index contributed by atoms with van der Waals surface area (Å²) in [6, 6.07) is 5.76. The Hall–Kier alpha value is -0.660. The largest absolute Gasteiger partial charge is 0.331 e. The SMILES string of the molecule is CCS(=O)(=O)CCn1c(=S)[nH]c2ccc(Br)cc21. The van der Waals surface area contributed by atoms with Gasteiger partial charge in [0.1, 0.15) is 0 Å². The van der Waals surface area contributed by atoms with Gasteiger partial charge < -0.3 is 9.55 Å². The molecule has 0 saturated carbocycles. The van der Waals surface area contributed by atoms with Crippen LogP contribution in [-0.4, -0.2) is 29.5 Å². The van der Waals surface area contributed by atoms with Gasteiger partial charge in [-0.25, -0.2) is 8.42 Å². The Kier molecular flexibility index (Phi) is 3.93. The Bertz CT molecular complexity index is 731. The van der Waals surface area contributed by atoms with Crippen LogP contribution in [0.2, 0.25) is 0 Å². The summed E-state index contributed by atoms with van der Waals surface area (Å²) in [6.07, 6.45) is 0. The third-order valence-corrected chi connectivity index (χ3v) is 5.30. The van der Waals surface area contributed by atoms with Gasteiger partial charge in [-0.05, 0) is 30.4 Å². The third kappa shape index (κ3) is 2.84. The maximum absolute atomic E-state index is 11.5. The molecule has 0 fully saturated rings. The van der Waals surface area contributed by atoms with Crippen LogP contribution >= 0.6 is 28.1 Å². The molecule has 0 amide bonds. The maximum Gasteiger partial charge on any atom is 0.178 e. The van der Waals surface area contributed by atoms with E-state index in [2.05, 4.69) is 20.9 Å². The van der Waals surface area contributed by atoms with E-state index >= 15 is 0 Å². The molecule has 4 nitrogen and oxygen atoms in total. The summed E-state index contributed by atoms with van der Waals surface area (Å²) >= 11 is 8.62. The van der Waals surface area contributed by atoms with Gasteiger partial charge in [0, 0.05) is 16.8 Å². The van der Waals surface area contributed by atoms with E-state index in [1.54, 1.807) is 6.92 Å². The summed E-state index contributed by atoms with van der Waals surface area (Å²) in [4.78, 5) is 3.07. The number of imidazole rings is 1. The van der Waals surface area contributed by atoms with E-state index in [1.165, 1.54) is 0 Å². The molecule has 1 aromatic carbocycles. The lowest BCUT2D eigenvalue weighted by Crippen LogP contribution is -2.14. The van der Waals surface area contributed by atoms with E-state index < -0.39 is 9.84 Å². The number of aromatic amines is 1. The molecule has 7 heteroatoms. The Morgan fingerprint density at radius 3 is 2.83 bits per heavy atom. The molecular weight excluding hydrogens is 336 g/mol. The van der Waals surface area contributed by atoms with Gasteiger partial charge in [-0.15, -0.1) is 0 Å². The van der Waals surface area contributed by atoms with Crippen molar-refractivity contribution in [2.24, 2.45) is 0 Å². The predicted octanol–water partition coefficient (Wildman–Crippen LogP) is 2.90. The Balaban J connectivity index is 2.42. The summed E-state index contributed by atoms with van der Waals surface area (Å²) in [5.41, 5.74) is 1.83. The van der Waals surface area contributed by atoms with Crippen LogP contribution in [0.5, 0.6) is 0 Å². The Morgan fingerprint density at radius 1 is 1.44 bits per heavy atom. The number of halogens is 1. The molecule has 1 heterocycles. The van der Waals surface area contributed by atoms with E-state index in [0.717, 1.165) is 15.5 Å². The number of fused-ring (bicyclic) bond motifs is 1. The van der Waals surface area contributed by atoms with Gasteiger partial charge in [0.05, 0.1) is 16.8 Å². The van der Waals surface area contributed by atoms with Crippen LogP contribution in [0, 0.1) is 4.77 Å². The normalized spacial score (nSPS) is 12.1. The fourth-order valence-corrected chi connectivity index (χ4v) is 3.12. The molecule has 0 atom stereocenters. The van der Waals surface area contributed by atoms with Gasteiger partial charge >= 0.3 is 0 Å². The molecular formula is C11H13BrN2O2S2. The monoisotopic (exact) mass is 348 g/mol. The van der Waals surface area contributed by atoms with Crippen molar-refractivity contribution in [2.45, 2.75) is 13.5 Å². The standard InChI is InChI=1S/C11H13BrN2O2S2/c1-2-18(15,16)6-5-14-10-7-8(12)3-4-9(10)13-11(14)17/h3-4,7H,2,5-6H2,1H3,(H,13,17). The molecule has 2 aromatic rings. The van der Waals surface area contributed by atoms with Gasteiger partial charge in [-0.2, -0.15) is 0 Å². The zero-order valence-electron chi connectivity index (χ0n) is 9.81. The second kappa shape index (κ2) is 5.14. The van der Waals surface area contributed by atoms with Crippen molar-refractivity contribution in [3.8, 4) is 0 Å². The minimum Gasteiger partial charge on any atom is -0.331 e. The number of rotatable bonds is 4. The van der Waals surface area contributed by atoms with Crippen LogP contribution in [0.4, 0.5) is 0 Å². The van der Waals surface area contributed by atoms with Crippen molar-refractivity contribution in [1.82, 2.24) is 9.55 Å². The molecule has 98 valence electrons. The molecule has 0 bridgehead atoms. The summed E-state index contributed by atoms with van der Waals surface area (Å²) < 4.78 is 26.4. The summed E-state index contributed by atoms with van der Waals surface area (Å²) in [5.74, 6) is 0.268. The minimum atomic E-state index is -2.98. The highest BCUT2D eigenvalue weighted by Gasteiger charge is 2.10. The molecule has 0 aliphatic rings. The lowest BCUT2D eigenvalue weighted by molar-refractivity contribution is 0.590. The van der Waals surface area contributed by atoms with E-state index in [4.69, 9.17) is 12.2 Å². The molecule has 0 saturated heterocycles. The van der Waals surface area contributed by atoms with Crippen LogP contribution in [-0.2, 0) is 16.4 Å². The first kappa shape index (κ1) is 13.8. The average molecular weight is 349 g/mol. The van der Waals surface area contributed by atoms with Crippen LogP contribution in [0.1, 0.15) is 6.92 Å². The molecule has 1 N–H and O–H groups in total. The van der Waals surface area contributed by atoms with Crippen LogP contribution in [0.15, 0.2) is 22.7 Å². The first-order valence-electron chi connectivity index (χ1n) is 5.51. The zero-order chi connectivity index (χ0) is 13.3. The molecule has 0 aliphatic heterocycles. The number of sulfone groups is 1. The zero-order valence-corrected chi connectivity index (χ0v) is 13.0. The molecule has 0 unspecified atom stereocenters. The summed E-state index contributed by atoms with van der Waals surface area (Å²) in [6.45, 7) is 2.03. The number of aryl methyl sites for hydroxylation is 1. The Morgan fingerprint density at radius 2 is 2.17 bits per heavy atom. The summed E-state index contributed by atoms with van der Waals surface area (Å²) in [7, 11) is -2.98. The van der Waals surface area contributed by atoms with E-state index in [0.29, 0.717) is 11.3 Å². The minimum absolute atomic E-state index is 0.108. The van der Waals surface area contributed by atoms with Crippen LogP contribution < -0.4 is 0 Å². The van der Waals surface area contributed by atoms with Gasteiger partial charge in [0.25, 0.3) is 0 Å². The van der Waals surface area contributed by atoms with Gasteiger partial charge in [-0.3, -0.25) is 0 Å². The van der Waals surface area contributed by atoms with E-state index in [9.17, 15) is 8.42 Å². The topological polar surface area (TPSA) is 54.9 Å². The summed E-state index contributed by atoms with van der Waals surface area (Å²) in [5, 5.41) is 0. The van der Waals surface area contributed by atoms with Crippen LogP contribution in [0.25, 0.3) is 11.0 Å². The van der Waals surface area contributed by atoms with Crippen molar-refractivity contribution in [3.05, 3.63) is 27.4 Å². The van der Waals surface area contributed by atoms with Crippen molar-refractivity contribution in [3.63, 3.8) is 0 Å². The number of benzene rings is 1. The van der Waals surface area contributed by atoms with Crippen molar-refractivity contribution in [2.75, 3.05) is 11.5 Å². The van der Waals surface area contributed by atoms with Crippen molar-refractivity contribution in [1.29, 1.82) is 0 Å². The number of nitrogens with zero attached hydrogens (tertiary/aromatic N) is 1. The highest BCUT2D eigenvalue weighted by Crippen LogP contribution is 2.19. The molecule has 0 aliphatic carbocycles. The second-order valence-electron chi connectivity index (χ2n) is 3.98. The van der Waals surface area contributed by atoms with Crippen molar-refractivity contribution >= 4 is 49.0 Å². The molecule has 18 heavy (non-hydrogen) atoms. The molecule has 0 spiro atoms. The highest BCUT2D eigenvalue weighted by atomic mass is 79.9. The van der Waals surface area contributed by atoms with E-state index in [1.807, 2.05) is 22.8 Å². The fraction of sp³-hybridized carbons (Fsp3) is 0.364. The van der Waals surface area contributed by atoms with Gasteiger partial charge in [0.15, 0.2) is 14.6 Å². The van der Waals surface area contributed by atoms with E-state index in [-0.39, 0.29) is 11.5 Å². The number of hydrogen-bond acceptors (Lipinski definition) is 3. The molecule has 2 rings (SSSR count).